The lowest BCUT2D eigenvalue weighted by molar-refractivity contribution is 0.498. The molecule has 0 aliphatic rings. The van der Waals surface area contributed by atoms with Crippen molar-refractivity contribution in [2.24, 2.45) is 0 Å². The maximum atomic E-state index is 14.2. The van der Waals surface area contributed by atoms with Crippen LogP contribution in [0.3, 0.4) is 0 Å². The second kappa shape index (κ2) is 7.34. The number of rotatable bonds is 5. The van der Waals surface area contributed by atoms with E-state index in [2.05, 4.69) is 47.8 Å². The SMILES string of the molecule is Fc1ccccc1C(CBr)(CBr)Cc1cccc(F)c1Br. The highest BCUT2D eigenvalue weighted by atomic mass is 79.9. The molecule has 112 valence electrons. The van der Waals surface area contributed by atoms with Gasteiger partial charge >= 0.3 is 0 Å². The van der Waals surface area contributed by atoms with Gasteiger partial charge in [0.15, 0.2) is 0 Å². The molecular weight excluding hydrogens is 470 g/mol. The van der Waals surface area contributed by atoms with Crippen molar-refractivity contribution in [2.45, 2.75) is 11.8 Å². The molecule has 0 aromatic heterocycles. The van der Waals surface area contributed by atoms with Gasteiger partial charge in [-0.2, -0.15) is 0 Å². The summed E-state index contributed by atoms with van der Waals surface area (Å²) in [6, 6.07) is 11.7. The topological polar surface area (TPSA) is 0 Å². The third kappa shape index (κ3) is 3.57. The molecule has 0 nitrogen and oxygen atoms in total. The molecule has 2 aromatic rings. The number of benzene rings is 2. The van der Waals surface area contributed by atoms with Crippen LogP contribution in [0.1, 0.15) is 11.1 Å². The Kier molecular flexibility index (Phi) is 5.97. The summed E-state index contributed by atoms with van der Waals surface area (Å²) in [5.41, 5.74) is 0.953. The van der Waals surface area contributed by atoms with Crippen LogP contribution in [0.5, 0.6) is 0 Å². The van der Waals surface area contributed by atoms with E-state index in [1.807, 2.05) is 12.1 Å². The maximum Gasteiger partial charge on any atom is 0.137 e. The van der Waals surface area contributed by atoms with Crippen LogP contribution in [0.4, 0.5) is 8.78 Å². The molecule has 0 saturated heterocycles. The lowest BCUT2D eigenvalue weighted by atomic mass is 9.79. The Morgan fingerprint density at radius 2 is 1.48 bits per heavy atom. The predicted octanol–water partition coefficient (Wildman–Crippen LogP) is 6.00. The van der Waals surface area contributed by atoms with E-state index >= 15 is 0 Å². The minimum Gasteiger partial charge on any atom is -0.207 e. The van der Waals surface area contributed by atoms with Crippen molar-refractivity contribution in [3.05, 3.63) is 69.7 Å². The maximum absolute atomic E-state index is 14.2. The Hall–Kier alpha value is -0.260. The molecular formula is C16H13Br3F2. The first-order valence-corrected chi connectivity index (χ1v) is 9.37. The fourth-order valence-electron chi connectivity index (χ4n) is 2.31. The second-order valence-electron chi connectivity index (χ2n) is 4.92. The van der Waals surface area contributed by atoms with Gasteiger partial charge in [0, 0.05) is 16.1 Å². The Labute approximate surface area is 148 Å². The Morgan fingerprint density at radius 3 is 2.10 bits per heavy atom. The molecule has 0 aliphatic carbocycles. The molecule has 0 amide bonds. The van der Waals surface area contributed by atoms with Gasteiger partial charge < -0.3 is 0 Å². The fourth-order valence-corrected chi connectivity index (χ4v) is 4.64. The van der Waals surface area contributed by atoms with Gasteiger partial charge in [-0.3, -0.25) is 0 Å². The van der Waals surface area contributed by atoms with Gasteiger partial charge in [-0.15, -0.1) is 0 Å². The summed E-state index contributed by atoms with van der Waals surface area (Å²) in [6.07, 6.45) is 0.517. The van der Waals surface area contributed by atoms with Crippen LogP contribution in [0.2, 0.25) is 0 Å². The highest BCUT2D eigenvalue weighted by molar-refractivity contribution is 9.10. The lowest BCUT2D eigenvalue weighted by Crippen LogP contribution is -2.34. The molecule has 0 bridgehead atoms. The molecule has 21 heavy (non-hydrogen) atoms. The smallest absolute Gasteiger partial charge is 0.137 e. The van der Waals surface area contributed by atoms with Gasteiger partial charge in [-0.25, -0.2) is 8.78 Å². The van der Waals surface area contributed by atoms with Crippen LogP contribution < -0.4 is 0 Å². The first-order valence-electron chi connectivity index (χ1n) is 6.34. The number of hydrogen-bond acceptors (Lipinski definition) is 0. The van der Waals surface area contributed by atoms with Crippen molar-refractivity contribution in [2.75, 3.05) is 10.7 Å². The van der Waals surface area contributed by atoms with E-state index in [0.717, 1.165) is 5.56 Å². The summed E-state index contributed by atoms with van der Waals surface area (Å²) in [5.74, 6) is -0.553. The molecule has 0 heterocycles. The zero-order chi connectivity index (χ0) is 15.5. The van der Waals surface area contributed by atoms with Gasteiger partial charge in [0.05, 0.1) is 4.47 Å². The summed E-state index contributed by atoms with van der Waals surface area (Å²) < 4.78 is 28.4. The summed E-state index contributed by atoms with van der Waals surface area (Å²) in [7, 11) is 0. The summed E-state index contributed by atoms with van der Waals surface area (Å²) in [4.78, 5) is 0. The quantitative estimate of drug-likeness (QED) is 0.459. The summed E-state index contributed by atoms with van der Waals surface area (Å²) >= 11 is 10.3. The molecule has 0 spiro atoms. The van der Waals surface area contributed by atoms with E-state index in [4.69, 9.17) is 0 Å². The van der Waals surface area contributed by atoms with E-state index < -0.39 is 5.41 Å². The average Bonchev–Trinajstić information content (AvgIpc) is 2.50. The predicted molar refractivity (Wildman–Crippen MR) is 93.5 cm³/mol. The molecule has 0 aliphatic heterocycles. The molecule has 0 radical (unpaired) electrons. The van der Waals surface area contributed by atoms with E-state index in [1.54, 1.807) is 18.2 Å². The monoisotopic (exact) mass is 480 g/mol. The molecule has 2 aromatic carbocycles. The van der Waals surface area contributed by atoms with Crippen LogP contribution in [0.15, 0.2) is 46.9 Å². The minimum atomic E-state index is -0.484. The first kappa shape index (κ1) is 17.1. The van der Waals surface area contributed by atoms with Crippen LogP contribution in [0, 0.1) is 11.6 Å². The molecule has 0 saturated carbocycles. The Morgan fingerprint density at radius 1 is 0.857 bits per heavy atom. The van der Waals surface area contributed by atoms with E-state index in [1.165, 1.54) is 12.1 Å². The van der Waals surface area contributed by atoms with Crippen molar-refractivity contribution in [1.82, 2.24) is 0 Å². The zero-order valence-electron chi connectivity index (χ0n) is 11.1. The van der Waals surface area contributed by atoms with Crippen LogP contribution in [-0.2, 0) is 11.8 Å². The van der Waals surface area contributed by atoms with E-state index in [-0.39, 0.29) is 11.6 Å². The van der Waals surface area contributed by atoms with Crippen molar-refractivity contribution in [1.29, 1.82) is 0 Å². The molecule has 5 heteroatoms. The fraction of sp³-hybridized carbons (Fsp3) is 0.250. The molecule has 0 N–H and O–H groups in total. The van der Waals surface area contributed by atoms with E-state index in [0.29, 0.717) is 27.1 Å². The molecule has 2 rings (SSSR count). The normalized spacial score (nSPS) is 11.7. The molecule has 0 unspecified atom stereocenters. The number of hydrogen-bond donors (Lipinski definition) is 0. The summed E-state index contributed by atoms with van der Waals surface area (Å²) in [5, 5.41) is 1.13. The second-order valence-corrected chi connectivity index (χ2v) is 6.83. The standard InChI is InChI=1S/C16H13Br3F2/c17-9-16(10-18,12-5-1-2-6-13(12)20)8-11-4-3-7-14(21)15(11)19/h1-7H,8-10H2. The third-order valence-electron chi connectivity index (χ3n) is 3.52. The largest absolute Gasteiger partial charge is 0.207 e. The third-order valence-corrected chi connectivity index (χ3v) is 6.55. The Bertz CT molecular complexity index is 625. The molecule has 0 atom stereocenters. The van der Waals surface area contributed by atoms with Crippen molar-refractivity contribution < 1.29 is 8.78 Å². The first-order chi connectivity index (χ1) is 10.0. The van der Waals surface area contributed by atoms with Gasteiger partial charge in [0.1, 0.15) is 11.6 Å². The van der Waals surface area contributed by atoms with Gasteiger partial charge in [-0.1, -0.05) is 62.2 Å². The zero-order valence-corrected chi connectivity index (χ0v) is 15.8. The highest BCUT2D eigenvalue weighted by Gasteiger charge is 2.33. The van der Waals surface area contributed by atoms with Crippen molar-refractivity contribution in [3.8, 4) is 0 Å². The summed E-state index contributed by atoms with van der Waals surface area (Å²) in [6.45, 7) is 0. The highest BCUT2D eigenvalue weighted by Crippen LogP contribution is 2.36. The van der Waals surface area contributed by atoms with Crippen molar-refractivity contribution in [3.63, 3.8) is 0 Å². The van der Waals surface area contributed by atoms with Crippen LogP contribution in [0.25, 0.3) is 0 Å². The number of alkyl halides is 2. The lowest BCUT2D eigenvalue weighted by Gasteiger charge is -2.31. The van der Waals surface area contributed by atoms with Gasteiger partial charge in [0.2, 0.25) is 0 Å². The number of halogens is 5. The van der Waals surface area contributed by atoms with Gasteiger partial charge in [-0.05, 0) is 45.6 Å². The average molecular weight is 483 g/mol. The Balaban J connectivity index is 2.49. The van der Waals surface area contributed by atoms with Crippen LogP contribution >= 0.6 is 47.8 Å². The van der Waals surface area contributed by atoms with E-state index in [9.17, 15) is 8.78 Å². The van der Waals surface area contributed by atoms with Crippen LogP contribution in [-0.4, -0.2) is 10.7 Å². The van der Waals surface area contributed by atoms with Crippen molar-refractivity contribution >= 4 is 47.8 Å². The molecule has 0 fully saturated rings. The minimum absolute atomic E-state index is 0.246. The van der Waals surface area contributed by atoms with Gasteiger partial charge in [0.25, 0.3) is 0 Å².